The van der Waals surface area contributed by atoms with E-state index in [1.54, 1.807) is 12.3 Å². The molecule has 1 fully saturated rings. The number of halogens is 2. The van der Waals surface area contributed by atoms with Crippen molar-refractivity contribution in [3.8, 4) is 0 Å². The van der Waals surface area contributed by atoms with Gasteiger partial charge in [0, 0.05) is 11.5 Å². The van der Waals surface area contributed by atoms with Crippen LogP contribution in [0.25, 0.3) is 0 Å². The van der Waals surface area contributed by atoms with Gasteiger partial charge in [0.05, 0.1) is 6.20 Å². The average molecular weight is 244 g/mol. The summed E-state index contributed by atoms with van der Waals surface area (Å²) < 4.78 is 12.9. The Morgan fingerprint density at radius 3 is 3.00 bits per heavy atom. The van der Waals surface area contributed by atoms with Gasteiger partial charge in [0.2, 0.25) is 0 Å². The summed E-state index contributed by atoms with van der Waals surface area (Å²) in [4.78, 5) is 3.87. The second-order valence-corrected chi connectivity index (χ2v) is 4.51. The molecule has 0 aliphatic heterocycles. The minimum absolute atomic E-state index is 0.151. The number of hydrogen-bond donors (Lipinski definition) is 0. The van der Waals surface area contributed by atoms with Crippen molar-refractivity contribution in [3.63, 3.8) is 0 Å². The van der Waals surface area contributed by atoms with E-state index in [-0.39, 0.29) is 11.2 Å². The van der Waals surface area contributed by atoms with Crippen molar-refractivity contribution in [2.45, 2.75) is 18.8 Å². The molecule has 0 spiro atoms. The number of nitrogens with zero attached hydrogens (tertiary/aromatic N) is 1. The Morgan fingerprint density at radius 2 is 2.46 bits per heavy atom. The number of pyridine rings is 1. The predicted octanol–water partition coefficient (Wildman–Crippen LogP) is 2.89. The number of alkyl halides is 1. The van der Waals surface area contributed by atoms with Crippen molar-refractivity contribution in [1.29, 1.82) is 0 Å². The average Bonchev–Trinajstić information content (AvgIpc) is 2.79. The maximum absolute atomic E-state index is 12.9. The van der Waals surface area contributed by atoms with E-state index < -0.39 is 0 Å². The van der Waals surface area contributed by atoms with Gasteiger partial charge in [-0.15, -0.1) is 0 Å². The highest BCUT2D eigenvalue weighted by molar-refractivity contribution is 9.09. The second-order valence-electron chi connectivity index (χ2n) is 3.86. The van der Waals surface area contributed by atoms with Crippen molar-refractivity contribution < 1.29 is 4.39 Å². The van der Waals surface area contributed by atoms with E-state index in [2.05, 4.69) is 27.8 Å². The SMILES string of the molecule is CC1(c2cncc(F)c2)CC1CBr. The molecule has 3 heteroatoms. The molecule has 70 valence electrons. The number of rotatable bonds is 2. The lowest BCUT2D eigenvalue weighted by Crippen LogP contribution is -2.06. The van der Waals surface area contributed by atoms with Crippen molar-refractivity contribution >= 4 is 15.9 Å². The van der Waals surface area contributed by atoms with Crippen LogP contribution in [-0.2, 0) is 5.41 Å². The maximum Gasteiger partial charge on any atom is 0.141 e. The van der Waals surface area contributed by atoms with Gasteiger partial charge >= 0.3 is 0 Å². The molecule has 2 unspecified atom stereocenters. The third-order valence-corrected chi connectivity index (χ3v) is 3.74. The first kappa shape index (κ1) is 9.13. The quantitative estimate of drug-likeness (QED) is 0.729. The summed E-state index contributed by atoms with van der Waals surface area (Å²) in [6.45, 7) is 2.16. The second kappa shape index (κ2) is 3.05. The molecule has 0 saturated heterocycles. The first-order chi connectivity index (χ1) is 6.16. The van der Waals surface area contributed by atoms with Gasteiger partial charge in [0.15, 0.2) is 0 Å². The molecule has 2 atom stereocenters. The minimum Gasteiger partial charge on any atom is -0.261 e. The van der Waals surface area contributed by atoms with Crippen molar-refractivity contribution in [2.24, 2.45) is 5.92 Å². The zero-order valence-electron chi connectivity index (χ0n) is 7.43. The molecule has 1 aliphatic carbocycles. The minimum atomic E-state index is -0.237. The fourth-order valence-corrected chi connectivity index (χ4v) is 2.70. The zero-order chi connectivity index (χ0) is 9.47. The van der Waals surface area contributed by atoms with Crippen LogP contribution in [0.5, 0.6) is 0 Å². The van der Waals surface area contributed by atoms with Crippen LogP contribution in [0.3, 0.4) is 0 Å². The predicted molar refractivity (Wildman–Crippen MR) is 53.4 cm³/mol. The molecule has 1 aromatic rings. The summed E-state index contributed by atoms with van der Waals surface area (Å²) >= 11 is 3.45. The van der Waals surface area contributed by atoms with Gasteiger partial charge in [-0.3, -0.25) is 4.98 Å². The van der Waals surface area contributed by atoms with Crippen molar-refractivity contribution in [2.75, 3.05) is 5.33 Å². The smallest absolute Gasteiger partial charge is 0.141 e. The number of hydrogen-bond acceptors (Lipinski definition) is 1. The Balaban J connectivity index is 2.27. The fourth-order valence-electron chi connectivity index (χ4n) is 1.76. The van der Waals surface area contributed by atoms with Gasteiger partial charge in [0.1, 0.15) is 5.82 Å². The molecule has 0 aromatic carbocycles. The molecular weight excluding hydrogens is 233 g/mol. The molecule has 1 saturated carbocycles. The van der Waals surface area contributed by atoms with E-state index in [0.29, 0.717) is 5.92 Å². The molecule has 1 aromatic heterocycles. The lowest BCUT2D eigenvalue weighted by molar-refractivity contribution is 0.608. The van der Waals surface area contributed by atoms with Gasteiger partial charge in [0.25, 0.3) is 0 Å². The van der Waals surface area contributed by atoms with Gasteiger partial charge < -0.3 is 0 Å². The van der Waals surface area contributed by atoms with E-state index in [1.807, 2.05) is 0 Å². The van der Waals surface area contributed by atoms with Crippen molar-refractivity contribution in [1.82, 2.24) is 4.98 Å². The van der Waals surface area contributed by atoms with Crippen LogP contribution in [0.2, 0.25) is 0 Å². The van der Waals surface area contributed by atoms with Gasteiger partial charge in [-0.1, -0.05) is 22.9 Å². The molecule has 0 amide bonds. The monoisotopic (exact) mass is 243 g/mol. The lowest BCUT2D eigenvalue weighted by atomic mass is 9.98. The largest absolute Gasteiger partial charge is 0.261 e. The summed E-state index contributed by atoms with van der Waals surface area (Å²) in [6, 6.07) is 1.59. The van der Waals surface area contributed by atoms with Crippen molar-refractivity contribution in [3.05, 3.63) is 29.8 Å². The Kier molecular flexibility index (Phi) is 2.14. The molecule has 2 rings (SSSR count). The third kappa shape index (κ3) is 1.50. The molecule has 0 bridgehead atoms. The van der Waals surface area contributed by atoms with Crippen LogP contribution in [0.15, 0.2) is 18.5 Å². The summed E-state index contributed by atoms with van der Waals surface area (Å²) in [6.07, 6.45) is 4.15. The molecule has 1 heterocycles. The van der Waals surface area contributed by atoms with Crippen LogP contribution in [0, 0.1) is 11.7 Å². The number of aromatic nitrogens is 1. The first-order valence-corrected chi connectivity index (χ1v) is 5.46. The van der Waals surface area contributed by atoms with Crippen LogP contribution < -0.4 is 0 Å². The normalized spacial score (nSPS) is 31.8. The van der Waals surface area contributed by atoms with E-state index in [9.17, 15) is 4.39 Å². The third-order valence-electron chi connectivity index (χ3n) is 2.96. The Labute approximate surface area is 85.5 Å². The maximum atomic E-state index is 12.9. The van der Waals surface area contributed by atoms with E-state index in [0.717, 1.165) is 17.3 Å². The van der Waals surface area contributed by atoms with Gasteiger partial charge in [-0.2, -0.15) is 0 Å². The van der Waals surface area contributed by atoms with Gasteiger partial charge in [-0.05, 0) is 29.4 Å². The standard InChI is InChI=1S/C10H11BrFN/c1-10(3-8(10)4-11)7-2-9(12)6-13-5-7/h2,5-6,8H,3-4H2,1H3. The summed E-state index contributed by atoms with van der Waals surface area (Å²) in [7, 11) is 0. The zero-order valence-corrected chi connectivity index (χ0v) is 9.01. The summed E-state index contributed by atoms with van der Waals surface area (Å²) in [5, 5.41) is 0.986. The topological polar surface area (TPSA) is 12.9 Å². The lowest BCUT2D eigenvalue weighted by Gasteiger charge is -2.09. The van der Waals surface area contributed by atoms with Gasteiger partial charge in [-0.25, -0.2) is 4.39 Å². The van der Waals surface area contributed by atoms with Crippen LogP contribution in [0.1, 0.15) is 18.9 Å². The Bertz CT molecular complexity index is 328. The molecule has 0 radical (unpaired) electrons. The summed E-state index contributed by atoms with van der Waals surface area (Å²) in [5.74, 6) is 0.398. The first-order valence-electron chi connectivity index (χ1n) is 4.34. The highest BCUT2D eigenvalue weighted by Gasteiger charge is 2.50. The van der Waals surface area contributed by atoms with E-state index >= 15 is 0 Å². The van der Waals surface area contributed by atoms with E-state index in [1.165, 1.54) is 6.20 Å². The van der Waals surface area contributed by atoms with Crippen LogP contribution >= 0.6 is 15.9 Å². The van der Waals surface area contributed by atoms with E-state index in [4.69, 9.17) is 0 Å². The highest BCUT2D eigenvalue weighted by Crippen LogP contribution is 2.54. The highest BCUT2D eigenvalue weighted by atomic mass is 79.9. The molecule has 13 heavy (non-hydrogen) atoms. The Morgan fingerprint density at radius 1 is 1.69 bits per heavy atom. The van der Waals surface area contributed by atoms with Crippen LogP contribution in [-0.4, -0.2) is 10.3 Å². The van der Waals surface area contributed by atoms with Crippen LogP contribution in [0.4, 0.5) is 4.39 Å². The Hall–Kier alpha value is -0.440. The molecule has 1 nitrogen and oxygen atoms in total. The molecule has 1 aliphatic rings. The fraction of sp³-hybridized carbons (Fsp3) is 0.500. The summed E-state index contributed by atoms with van der Waals surface area (Å²) in [5.41, 5.74) is 1.18. The molecule has 0 N–H and O–H groups in total. The molecular formula is C10H11BrFN.